The molecule has 1 heterocycles. The summed E-state index contributed by atoms with van der Waals surface area (Å²) in [6.07, 6.45) is 0.641. The predicted octanol–water partition coefficient (Wildman–Crippen LogP) is 0.236. The second-order valence-corrected chi connectivity index (χ2v) is 5.13. The summed E-state index contributed by atoms with van der Waals surface area (Å²) in [6.45, 7) is 1.85. The van der Waals surface area contributed by atoms with E-state index >= 15 is 0 Å². The highest BCUT2D eigenvalue weighted by Gasteiger charge is 2.19. The number of carboxylic acid groups (broad SMARTS) is 1. The Morgan fingerprint density at radius 1 is 1.60 bits per heavy atom. The van der Waals surface area contributed by atoms with Crippen LogP contribution in [0.2, 0.25) is 0 Å². The van der Waals surface area contributed by atoms with Gasteiger partial charge in [0.25, 0.3) is 0 Å². The molecule has 0 radical (unpaired) electrons. The van der Waals surface area contributed by atoms with Crippen LogP contribution < -0.4 is 0 Å². The molecule has 7 heteroatoms. The van der Waals surface area contributed by atoms with Gasteiger partial charge in [-0.2, -0.15) is 0 Å². The monoisotopic (exact) mass is 233 g/mol. The molecule has 1 rings (SSSR count). The van der Waals surface area contributed by atoms with Gasteiger partial charge in [-0.3, -0.25) is 4.79 Å². The highest BCUT2D eigenvalue weighted by atomic mass is 32.2. The molecule has 0 aliphatic heterocycles. The maximum absolute atomic E-state index is 11.2. The number of aryl methyl sites for hydroxylation is 1. The molecule has 0 aromatic carbocycles. The van der Waals surface area contributed by atoms with Gasteiger partial charge in [0, 0.05) is 6.07 Å². The molecule has 0 fully saturated rings. The van der Waals surface area contributed by atoms with Gasteiger partial charge in [0.15, 0.2) is 15.6 Å². The van der Waals surface area contributed by atoms with Crippen molar-refractivity contribution in [1.29, 1.82) is 0 Å². The fourth-order valence-corrected chi connectivity index (χ4v) is 2.09. The average molecular weight is 233 g/mol. The quantitative estimate of drug-likeness (QED) is 0.782. The van der Waals surface area contributed by atoms with Crippen LogP contribution in [-0.2, 0) is 26.8 Å². The van der Waals surface area contributed by atoms with Crippen LogP contribution in [0.4, 0.5) is 0 Å². The van der Waals surface area contributed by atoms with Crippen LogP contribution in [0.5, 0.6) is 0 Å². The summed E-state index contributed by atoms with van der Waals surface area (Å²) in [6, 6.07) is 1.51. The minimum atomic E-state index is -3.66. The minimum absolute atomic E-state index is 0.174. The third kappa shape index (κ3) is 3.70. The summed E-state index contributed by atoms with van der Waals surface area (Å²) in [5, 5.41) is 12.0. The molecule has 0 amide bonds. The molecule has 0 spiro atoms. The number of aliphatic carboxylic acids is 1. The van der Waals surface area contributed by atoms with E-state index in [-0.39, 0.29) is 5.76 Å². The molecule has 0 bridgehead atoms. The number of hydrogen-bond donors (Lipinski definition) is 1. The highest BCUT2D eigenvalue weighted by Crippen LogP contribution is 2.09. The lowest BCUT2D eigenvalue weighted by Gasteiger charge is -1.96. The normalized spacial score (nSPS) is 11.5. The van der Waals surface area contributed by atoms with E-state index in [0.29, 0.717) is 12.1 Å². The smallest absolute Gasteiger partial charge is 0.318 e. The molecule has 0 saturated heterocycles. The van der Waals surface area contributed by atoms with Crippen LogP contribution in [0.15, 0.2) is 10.6 Å². The van der Waals surface area contributed by atoms with Crippen LogP contribution in [-0.4, -0.2) is 30.4 Å². The summed E-state index contributed by atoms with van der Waals surface area (Å²) < 4.78 is 27.2. The lowest BCUT2D eigenvalue weighted by molar-refractivity contribution is -0.134. The zero-order valence-corrected chi connectivity index (χ0v) is 8.95. The first-order valence-electron chi connectivity index (χ1n) is 4.29. The van der Waals surface area contributed by atoms with E-state index in [1.807, 2.05) is 6.92 Å². The topological polar surface area (TPSA) is 97.5 Å². The summed E-state index contributed by atoms with van der Waals surface area (Å²) in [4.78, 5) is 10.2. The van der Waals surface area contributed by atoms with Gasteiger partial charge < -0.3 is 9.63 Å². The van der Waals surface area contributed by atoms with Gasteiger partial charge in [-0.15, -0.1) is 0 Å². The lowest BCUT2D eigenvalue weighted by Crippen LogP contribution is -2.16. The van der Waals surface area contributed by atoms with Crippen molar-refractivity contribution < 1.29 is 22.8 Å². The Morgan fingerprint density at radius 3 is 2.73 bits per heavy atom. The molecule has 84 valence electrons. The Morgan fingerprint density at radius 2 is 2.27 bits per heavy atom. The molecule has 1 N–H and O–H groups in total. The second kappa shape index (κ2) is 4.43. The number of nitrogens with zero attached hydrogens (tertiary/aromatic N) is 1. The number of rotatable bonds is 5. The molecular formula is C8H11NO5S. The molecule has 1 aromatic heterocycles. The van der Waals surface area contributed by atoms with Crippen molar-refractivity contribution >= 4 is 15.8 Å². The summed E-state index contributed by atoms with van der Waals surface area (Å²) in [7, 11) is -3.66. The molecule has 0 aliphatic rings. The third-order valence-electron chi connectivity index (χ3n) is 1.68. The minimum Gasteiger partial charge on any atom is -0.480 e. The molecule has 1 aromatic rings. The molecule has 0 aliphatic carbocycles. The number of carbonyl (C=O) groups is 1. The highest BCUT2D eigenvalue weighted by molar-refractivity contribution is 7.91. The summed E-state index contributed by atoms with van der Waals surface area (Å²) in [5.41, 5.74) is 0.649. The van der Waals surface area contributed by atoms with Gasteiger partial charge in [0.05, 0.1) is 5.69 Å². The van der Waals surface area contributed by atoms with Crippen LogP contribution in [0, 0.1) is 0 Å². The van der Waals surface area contributed by atoms with Crippen molar-refractivity contribution in [1.82, 2.24) is 5.16 Å². The van der Waals surface area contributed by atoms with Crippen molar-refractivity contribution in [3.63, 3.8) is 0 Å². The zero-order valence-electron chi connectivity index (χ0n) is 8.13. The van der Waals surface area contributed by atoms with Gasteiger partial charge in [-0.25, -0.2) is 8.42 Å². The lowest BCUT2D eigenvalue weighted by atomic mass is 10.3. The van der Waals surface area contributed by atoms with Crippen LogP contribution in [0.1, 0.15) is 18.4 Å². The van der Waals surface area contributed by atoms with E-state index in [1.54, 1.807) is 0 Å². The van der Waals surface area contributed by atoms with Crippen molar-refractivity contribution in [2.75, 3.05) is 5.75 Å². The molecule has 0 unspecified atom stereocenters. The first-order chi connectivity index (χ1) is 6.93. The Bertz CT molecular complexity index is 447. The first kappa shape index (κ1) is 11.7. The van der Waals surface area contributed by atoms with Gasteiger partial charge >= 0.3 is 5.97 Å². The number of sulfone groups is 1. The van der Waals surface area contributed by atoms with Crippen molar-refractivity contribution in [2.24, 2.45) is 0 Å². The Labute approximate surface area is 86.8 Å². The van der Waals surface area contributed by atoms with Gasteiger partial charge in [0.1, 0.15) is 11.5 Å². The van der Waals surface area contributed by atoms with E-state index in [2.05, 4.69) is 5.16 Å². The Kier molecular flexibility index (Phi) is 3.46. The molecular weight excluding hydrogens is 222 g/mol. The van der Waals surface area contributed by atoms with Gasteiger partial charge in [0.2, 0.25) is 0 Å². The average Bonchev–Trinajstić information content (AvgIpc) is 2.48. The molecule has 0 saturated carbocycles. The number of carboxylic acids is 1. The van der Waals surface area contributed by atoms with E-state index < -0.39 is 27.3 Å². The van der Waals surface area contributed by atoms with Crippen molar-refractivity contribution in [3.8, 4) is 0 Å². The standard InChI is InChI=1S/C8H11NO5S/c1-2-6-3-7(14-9-6)4-15(12,13)5-8(10)11/h3H,2,4-5H2,1H3,(H,10,11). The Hall–Kier alpha value is -1.37. The van der Waals surface area contributed by atoms with Crippen LogP contribution >= 0.6 is 0 Å². The number of hydrogen-bond acceptors (Lipinski definition) is 5. The fraction of sp³-hybridized carbons (Fsp3) is 0.500. The molecule has 6 nitrogen and oxygen atoms in total. The molecule has 15 heavy (non-hydrogen) atoms. The van der Waals surface area contributed by atoms with Crippen molar-refractivity contribution in [2.45, 2.75) is 19.1 Å². The van der Waals surface area contributed by atoms with E-state index in [4.69, 9.17) is 9.63 Å². The van der Waals surface area contributed by atoms with Gasteiger partial charge in [-0.05, 0) is 6.42 Å². The fourth-order valence-electron chi connectivity index (χ4n) is 1.05. The van der Waals surface area contributed by atoms with Crippen LogP contribution in [0.3, 0.4) is 0 Å². The predicted molar refractivity (Wildman–Crippen MR) is 51.0 cm³/mol. The van der Waals surface area contributed by atoms with E-state index in [1.165, 1.54) is 6.07 Å². The van der Waals surface area contributed by atoms with Crippen molar-refractivity contribution in [3.05, 3.63) is 17.5 Å². The first-order valence-corrected chi connectivity index (χ1v) is 6.12. The Balaban J connectivity index is 2.73. The van der Waals surface area contributed by atoms with E-state index in [9.17, 15) is 13.2 Å². The zero-order chi connectivity index (χ0) is 11.5. The summed E-state index contributed by atoms with van der Waals surface area (Å²) >= 11 is 0. The van der Waals surface area contributed by atoms with E-state index in [0.717, 1.165) is 0 Å². The largest absolute Gasteiger partial charge is 0.480 e. The SMILES string of the molecule is CCc1cc(CS(=O)(=O)CC(=O)O)on1. The number of aromatic nitrogens is 1. The second-order valence-electron chi connectivity index (χ2n) is 3.06. The maximum atomic E-state index is 11.2. The van der Waals surface area contributed by atoms with Crippen LogP contribution in [0.25, 0.3) is 0 Å². The molecule has 0 atom stereocenters. The van der Waals surface area contributed by atoms with Gasteiger partial charge in [-0.1, -0.05) is 12.1 Å². The maximum Gasteiger partial charge on any atom is 0.318 e. The summed E-state index contributed by atoms with van der Waals surface area (Å²) in [5.74, 6) is -2.51. The third-order valence-corrected chi connectivity index (χ3v) is 3.09.